The molecule has 0 spiro atoms. The molecule has 2 aliphatic rings. The Morgan fingerprint density at radius 1 is 1.24 bits per heavy atom. The van der Waals surface area contributed by atoms with Gasteiger partial charge in [-0.25, -0.2) is 4.98 Å². The summed E-state index contributed by atoms with van der Waals surface area (Å²) in [6.07, 6.45) is 3.83. The van der Waals surface area contributed by atoms with E-state index in [4.69, 9.17) is 16.3 Å². The highest BCUT2D eigenvalue weighted by atomic mass is 35.5. The third-order valence-corrected chi connectivity index (χ3v) is 4.80. The first-order valence-electron chi connectivity index (χ1n) is 8.58. The molecule has 0 radical (unpaired) electrons. The molecular weight excluding hydrogens is 338 g/mol. The molecule has 1 N–H and O–H groups in total. The zero-order valence-electron chi connectivity index (χ0n) is 13.8. The normalized spacial score (nSPS) is 20.4. The third-order valence-electron chi connectivity index (χ3n) is 4.55. The summed E-state index contributed by atoms with van der Waals surface area (Å²) in [7, 11) is 0. The first kappa shape index (κ1) is 16.4. The predicted molar refractivity (Wildman–Crippen MR) is 97.1 cm³/mol. The lowest BCUT2D eigenvalue weighted by Gasteiger charge is -2.34. The van der Waals surface area contributed by atoms with Gasteiger partial charge in [0, 0.05) is 35.9 Å². The Labute approximate surface area is 152 Å². The molecule has 2 fully saturated rings. The molecule has 1 saturated carbocycles. The second kappa shape index (κ2) is 7.02. The molecule has 25 heavy (non-hydrogen) atoms. The number of anilines is 1. The molecule has 1 unspecified atom stereocenters. The molecule has 6 heteroatoms. The van der Waals surface area contributed by atoms with E-state index < -0.39 is 0 Å². The topological polar surface area (TPSA) is 54.5 Å². The second-order valence-corrected chi connectivity index (χ2v) is 6.94. The van der Waals surface area contributed by atoms with Crippen molar-refractivity contribution in [2.24, 2.45) is 0 Å². The quantitative estimate of drug-likeness (QED) is 0.913. The average molecular weight is 358 g/mol. The Morgan fingerprint density at radius 3 is 2.80 bits per heavy atom. The summed E-state index contributed by atoms with van der Waals surface area (Å²) in [5.41, 5.74) is 1.75. The number of carbonyl (C=O) groups excluding carboxylic acids is 1. The van der Waals surface area contributed by atoms with E-state index in [0.717, 1.165) is 30.8 Å². The Morgan fingerprint density at radius 2 is 2.04 bits per heavy atom. The molecule has 1 aliphatic carbocycles. The molecule has 2 aromatic rings. The first-order valence-corrected chi connectivity index (χ1v) is 8.96. The number of carbonyl (C=O) groups is 1. The van der Waals surface area contributed by atoms with E-state index in [0.29, 0.717) is 29.8 Å². The number of morpholine rings is 1. The van der Waals surface area contributed by atoms with Gasteiger partial charge in [0.25, 0.3) is 5.91 Å². The van der Waals surface area contributed by atoms with E-state index in [2.05, 4.69) is 15.2 Å². The van der Waals surface area contributed by atoms with Crippen LogP contribution < -0.4 is 10.2 Å². The number of hydrogen-bond donors (Lipinski definition) is 1. The lowest BCUT2D eigenvalue weighted by molar-refractivity contribution is 0.0395. The Balaban J connectivity index is 1.48. The number of aromatic nitrogens is 1. The number of nitrogens with one attached hydrogen (secondary N) is 1. The lowest BCUT2D eigenvalue weighted by Crippen LogP contribution is -2.39. The zero-order chi connectivity index (χ0) is 17.2. The van der Waals surface area contributed by atoms with Crippen molar-refractivity contribution < 1.29 is 9.53 Å². The molecule has 1 amide bonds. The molecular formula is C19H20ClN3O2. The van der Waals surface area contributed by atoms with Crippen LogP contribution in [0.5, 0.6) is 0 Å². The smallest absolute Gasteiger partial charge is 0.251 e. The highest BCUT2D eigenvalue weighted by molar-refractivity contribution is 6.30. The van der Waals surface area contributed by atoms with Crippen LogP contribution >= 0.6 is 11.6 Å². The van der Waals surface area contributed by atoms with Crippen LogP contribution in [-0.2, 0) is 4.74 Å². The fourth-order valence-electron chi connectivity index (χ4n) is 2.97. The van der Waals surface area contributed by atoms with E-state index in [9.17, 15) is 4.79 Å². The van der Waals surface area contributed by atoms with Gasteiger partial charge in [0.15, 0.2) is 0 Å². The van der Waals surface area contributed by atoms with Crippen LogP contribution in [0.25, 0.3) is 0 Å². The highest BCUT2D eigenvalue weighted by Crippen LogP contribution is 2.26. The largest absolute Gasteiger partial charge is 0.370 e. The maximum atomic E-state index is 12.3. The minimum atomic E-state index is -0.0308. The van der Waals surface area contributed by atoms with Crippen LogP contribution in [0.3, 0.4) is 0 Å². The Kier molecular flexibility index (Phi) is 4.59. The van der Waals surface area contributed by atoms with Crippen molar-refractivity contribution >= 4 is 23.3 Å². The first-order chi connectivity index (χ1) is 12.2. The molecule has 4 rings (SSSR count). The summed E-state index contributed by atoms with van der Waals surface area (Å²) >= 11 is 5.96. The van der Waals surface area contributed by atoms with Crippen molar-refractivity contribution in [2.75, 3.05) is 24.6 Å². The van der Waals surface area contributed by atoms with Gasteiger partial charge in [-0.2, -0.15) is 0 Å². The summed E-state index contributed by atoms with van der Waals surface area (Å²) in [4.78, 5) is 18.9. The third kappa shape index (κ3) is 3.94. The van der Waals surface area contributed by atoms with Crippen LogP contribution in [0.15, 0.2) is 42.6 Å². The molecule has 2 heterocycles. The Hall–Kier alpha value is -2.11. The van der Waals surface area contributed by atoms with Crippen LogP contribution in [0.2, 0.25) is 5.02 Å². The standard InChI is InChI=1S/C19H20ClN3O2/c20-15-3-1-13(2-4-15)17-12-23(9-10-25-17)18-11-14(7-8-21-18)19(24)22-16-5-6-16/h1-4,7-8,11,16-17H,5-6,9-10,12H2,(H,22,24). The summed E-state index contributed by atoms with van der Waals surface area (Å²) in [5, 5.41) is 3.73. The average Bonchev–Trinajstić information content (AvgIpc) is 3.46. The highest BCUT2D eigenvalue weighted by Gasteiger charge is 2.26. The van der Waals surface area contributed by atoms with Crippen molar-refractivity contribution in [1.82, 2.24) is 10.3 Å². The fourth-order valence-corrected chi connectivity index (χ4v) is 3.09. The molecule has 0 bridgehead atoms. The summed E-state index contributed by atoms with van der Waals surface area (Å²) in [6.45, 7) is 2.07. The van der Waals surface area contributed by atoms with Crippen molar-refractivity contribution in [1.29, 1.82) is 0 Å². The maximum absolute atomic E-state index is 12.3. The number of nitrogens with zero attached hydrogens (tertiary/aromatic N) is 2. The van der Waals surface area contributed by atoms with Crippen molar-refractivity contribution in [2.45, 2.75) is 25.0 Å². The van der Waals surface area contributed by atoms with Gasteiger partial charge in [-0.15, -0.1) is 0 Å². The zero-order valence-corrected chi connectivity index (χ0v) is 14.6. The summed E-state index contributed by atoms with van der Waals surface area (Å²) in [6, 6.07) is 11.7. The number of hydrogen-bond acceptors (Lipinski definition) is 4. The summed E-state index contributed by atoms with van der Waals surface area (Å²) in [5.74, 6) is 0.791. The number of amides is 1. The van der Waals surface area contributed by atoms with E-state index in [1.807, 2.05) is 30.3 Å². The van der Waals surface area contributed by atoms with Crippen LogP contribution in [0.4, 0.5) is 5.82 Å². The van der Waals surface area contributed by atoms with Gasteiger partial charge in [-0.05, 0) is 42.7 Å². The fraction of sp³-hybridized carbons (Fsp3) is 0.368. The van der Waals surface area contributed by atoms with Gasteiger partial charge < -0.3 is 15.0 Å². The van der Waals surface area contributed by atoms with E-state index >= 15 is 0 Å². The molecule has 1 aliphatic heterocycles. The van der Waals surface area contributed by atoms with Gasteiger partial charge in [0.05, 0.1) is 6.61 Å². The molecule has 1 aromatic heterocycles. The van der Waals surface area contributed by atoms with E-state index in [1.54, 1.807) is 12.3 Å². The van der Waals surface area contributed by atoms with Crippen LogP contribution in [0.1, 0.15) is 34.9 Å². The maximum Gasteiger partial charge on any atom is 0.251 e. The van der Waals surface area contributed by atoms with Gasteiger partial charge in [0.1, 0.15) is 11.9 Å². The van der Waals surface area contributed by atoms with Crippen LogP contribution in [0, 0.1) is 0 Å². The number of pyridine rings is 1. The van der Waals surface area contributed by atoms with Gasteiger partial charge in [-0.1, -0.05) is 23.7 Å². The minimum absolute atomic E-state index is 0.0198. The molecule has 1 atom stereocenters. The minimum Gasteiger partial charge on any atom is -0.370 e. The van der Waals surface area contributed by atoms with Crippen molar-refractivity contribution in [3.8, 4) is 0 Å². The molecule has 1 aromatic carbocycles. The molecule has 130 valence electrons. The number of halogens is 1. The number of rotatable bonds is 4. The molecule has 1 saturated heterocycles. The SMILES string of the molecule is O=C(NC1CC1)c1ccnc(N2CCOC(c3ccc(Cl)cc3)C2)c1. The van der Waals surface area contributed by atoms with Crippen LogP contribution in [-0.4, -0.2) is 36.6 Å². The second-order valence-electron chi connectivity index (χ2n) is 6.51. The van der Waals surface area contributed by atoms with Crippen molar-refractivity contribution in [3.05, 3.63) is 58.7 Å². The summed E-state index contributed by atoms with van der Waals surface area (Å²) < 4.78 is 5.90. The lowest BCUT2D eigenvalue weighted by atomic mass is 10.1. The van der Waals surface area contributed by atoms with Gasteiger partial charge in [-0.3, -0.25) is 4.79 Å². The monoisotopic (exact) mass is 357 g/mol. The number of ether oxygens (including phenoxy) is 1. The number of benzene rings is 1. The molecule has 5 nitrogen and oxygen atoms in total. The van der Waals surface area contributed by atoms with Gasteiger partial charge in [0.2, 0.25) is 0 Å². The van der Waals surface area contributed by atoms with E-state index in [1.165, 1.54) is 0 Å². The van der Waals surface area contributed by atoms with Gasteiger partial charge >= 0.3 is 0 Å². The van der Waals surface area contributed by atoms with E-state index in [-0.39, 0.29) is 12.0 Å². The predicted octanol–water partition coefficient (Wildman–Crippen LogP) is 3.21. The Bertz CT molecular complexity index is 762. The van der Waals surface area contributed by atoms with Crippen molar-refractivity contribution in [3.63, 3.8) is 0 Å².